The van der Waals surface area contributed by atoms with Crippen LogP contribution in [0.4, 0.5) is 0 Å². The van der Waals surface area contributed by atoms with Gasteiger partial charge in [0.05, 0.1) is 11.6 Å². The number of likely N-dealkylation sites (tertiary alicyclic amines) is 1. The smallest absolute Gasteiger partial charge is 0.306 e. The van der Waals surface area contributed by atoms with Crippen molar-refractivity contribution in [2.45, 2.75) is 45.7 Å². The molecule has 106 valence electrons. The van der Waals surface area contributed by atoms with E-state index in [1.54, 1.807) is 0 Å². The second-order valence-corrected chi connectivity index (χ2v) is 5.67. The van der Waals surface area contributed by atoms with E-state index in [1.807, 2.05) is 18.7 Å². The minimum absolute atomic E-state index is 0.187. The molecular weight excluding hydrogens is 242 g/mol. The molecule has 1 aliphatic rings. The van der Waals surface area contributed by atoms with Crippen molar-refractivity contribution >= 4 is 5.97 Å². The van der Waals surface area contributed by atoms with Crippen molar-refractivity contribution in [3.8, 4) is 0 Å². The van der Waals surface area contributed by atoms with E-state index in [0.717, 1.165) is 25.1 Å². The van der Waals surface area contributed by atoms with Gasteiger partial charge in [-0.15, -0.1) is 0 Å². The number of hydrogen-bond acceptors (Lipinski definition) is 3. The van der Waals surface area contributed by atoms with E-state index in [0.29, 0.717) is 12.1 Å². The molecule has 0 spiro atoms. The number of aliphatic carboxylic acids is 1. The molecule has 3 atom stereocenters. The van der Waals surface area contributed by atoms with Crippen molar-refractivity contribution < 1.29 is 9.90 Å². The summed E-state index contributed by atoms with van der Waals surface area (Å²) in [6.45, 7) is 7.17. The number of carbonyl (C=O) groups is 1. The summed E-state index contributed by atoms with van der Waals surface area (Å²) in [5, 5.41) is 13.5. The quantitative estimate of drug-likeness (QED) is 0.908. The minimum atomic E-state index is -0.656. The average Bonchev–Trinajstić information content (AvgIpc) is 2.67. The van der Waals surface area contributed by atoms with Crippen LogP contribution in [0.2, 0.25) is 0 Å². The van der Waals surface area contributed by atoms with Gasteiger partial charge in [0.25, 0.3) is 0 Å². The molecule has 0 bridgehead atoms. The van der Waals surface area contributed by atoms with Gasteiger partial charge in [0.1, 0.15) is 0 Å². The molecule has 0 aliphatic carbocycles. The van der Waals surface area contributed by atoms with Crippen molar-refractivity contribution in [3.63, 3.8) is 0 Å². The molecule has 0 aromatic carbocycles. The number of aromatic nitrogens is 2. The maximum Gasteiger partial charge on any atom is 0.306 e. The third kappa shape index (κ3) is 2.81. The van der Waals surface area contributed by atoms with E-state index < -0.39 is 5.97 Å². The summed E-state index contributed by atoms with van der Waals surface area (Å²) in [4.78, 5) is 13.5. The van der Waals surface area contributed by atoms with Crippen molar-refractivity contribution in [2.75, 3.05) is 6.54 Å². The van der Waals surface area contributed by atoms with E-state index in [-0.39, 0.29) is 5.92 Å². The predicted molar refractivity (Wildman–Crippen MR) is 72.9 cm³/mol. The minimum Gasteiger partial charge on any atom is -0.481 e. The highest BCUT2D eigenvalue weighted by molar-refractivity contribution is 5.70. The SMILES string of the molecule is Cc1nn(C)cc1C(C)N1CCC(C(=O)O)CC1C. The molecule has 0 radical (unpaired) electrons. The van der Waals surface area contributed by atoms with E-state index in [1.165, 1.54) is 5.56 Å². The van der Waals surface area contributed by atoms with Crippen LogP contribution >= 0.6 is 0 Å². The highest BCUT2D eigenvalue weighted by Crippen LogP contribution is 2.31. The van der Waals surface area contributed by atoms with Crippen molar-refractivity contribution in [3.05, 3.63) is 17.5 Å². The number of carboxylic acids is 1. The molecule has 1 N–H and O–H groups in total. The molecule has 1 aromatic rings. The molecule has 0 saturated carbocycles. The molecule has 1 aliphatic heterocycles. The fourth-order valence-electron chi connectivity index (χ4n) is 3.20. The largest absolute Gasteiger partial charge is 0.481 e. The fraction of sp³-hybridized carbons (Fsp3) is 0.714. The van der Waals surface area contributed by atoms with Crippen LogP contribution in [0.1, 0.15) is 44.0 Å². The van der Waals surface area contributed by atoms with Gasteiger partial charge < -0.3 is 5.11 Å². The lowest BCUT2D eigenvalue weighted by atomic mass is 9.90. The monoisotopic (exact) mass is 265 g/mol. The summed E-state index contributed by atoms with van der Waals surface area (Å²) in [7, 11) is 1.93. The highest BCUT2D eigenvalue weighted by Gasteiger charge is 2.33. The van der Waals surface area contributed by atoms with Crippen molar-refractivity contribution in [1.82, 2.24) is 14.7 Å². The molecule has 1 aromatic heterocycles. The van der Waals surface area contributed by atoms with Gasteiger partial charge in [-0.2, -0.15) is 5.10 Å². The van der Waals surface area contributed by atoms with E-state index in [9.17, 15) is 4.79 Å². The third-order valence-electron chi connectivity index (χ3n) is 4.28. The molecule has 1 saturated heterocycles. The summed E-state index contributed by atoms with van der Waals surface area (Å²) in [5.41, 5.74) is 2.30. The van der Waals surface area contributed by atoms with E-state index in [2.05, 4.69) is 30.0 Å². The van der Waals surface area contributed by atoms with Gasteiger partial charge in [0, 0.05) is 30.9 Å². The van der Waals surface area contributed by atoms with Gasteiger partial charge in [-0.05, 0) is 40.2 Å². The zero-order chi connectivity index (χ0) is 14.2. The first-order valence-electron chi connectivity index (χ1n) is 6.88. The first-order valence-corrected chi connectivity index (χ1v) is 6.88. The Morgan fingerprint density at radius 1 is 1.58 bits per heavy atom. The number of carboxylic acid groups (broad SMARTS) is 1. The molecule has 1 fully saturated rings. The Bertz CT molecular complexity index is 469. The van der Waals surface area contributed by atoms with Crippen LogP contribution in [0.15, 0.2) is 6.20 Å². The van der Waals surface area contributed by atoms with Crippen LogP contribution in [0.5, 0.6) is 0 Å². The lowest BCUT2D eigenvalue weighted by molar-refractivity contribution is -0.144. The lowest BCUT2D eigenvalue weighted by Gasteiger charge is -2.40. The van der Waals surface area contributed by atoms with E-state index in [4.69, 9.17) is 5.11 Å². The highest BCUT2D eigenvalue weighted by atomic mass is 16.4. The Morgan fingerprint density at radius 3 is 2.74 bits per heavy atom. The average molecular weight is 265 g/mol. The summed E-state index contributed by atoms with van der Waals surface area (Å²) < 4.78 is 1.84. The topological polar surface area (TPSA) is 58.4 Å². The lowest BCUT2D eigenvalue weighted by Crippen LogP contribution is -2.43. The van der Waals surface area contributed by atoms with Crippen LogP contribution in [0, 0.1) is 12.8 Å². The van der Waals surface area contributed by atoms with Crippen LogP contribution in [0.25, 0.3) is 0 Å². The molecule has 2 heterocycles. The van der Waals surface area contributed by atoms with Crippen LogP contribution in [-0.4, -0.2) is 38.3 Å². The van der Waals surface area contributed by atoms with Crippen LogP contribution < -0.4 is 0 Å². The summed E-state index contributed by atoms with van der Waals surface area (Å²) in [6, 6.07) is 0.586. The zero-order valence-corrected chi connectivity index (χ0v) is 12.1. The van der Waals surface area contributed by atoms with Crippen LogP contribution in [0.3, 0.4) is 0 Å². The number of hydrogen-bond donors (Lipinski definition) is 1. The van der Waals surface area contributed by atoms with Gasteiger partial charge in [0.2, 0.25) is 0 Å². The maximum absolute atomic E-state index is 11.1. The van der Waals surface area contributed by atoms with Gasteiger partial charge in [-0.25, -0.2) is 0 Å². The number of rotatable bonds is 3. The molecule has 5 nitrogen and oxygen atoms in total. The molecule has 5 heteroatoms. The predicted octanol–water partition coefficient (Wildman–Crippen LogP) is 1.97. The Labute approximate surface area is 114 Å². The van der Waals surface area contributed by atoms with Crippen LogP contribution in [-0.2, 0) is 11.8 Å². The Morgan fingerprint density at radius 2 is 2.26 bits per heavy atom. The van der Waals surface area contributed by atoms with Crippen molar-refractivity contribution in [2.24, 2.45) is 13.0 Å². The van der Waals surface area contributed by atoms with Gasteiger partial charge >= 0.3 is 5.97 Å². The Hall–Kier alpha value is -1.36. The van der Waals surface area contributed by atoms with Gasteiger partial charge in [0.15, 0.2) is 0 Å². The number of aryl methyl sites for hydroxylation is 2. The molecular formula is C14H23N3O2. The van der Waals surface area contributed by atoms with Crippen molar-refractivity contribution in [1.29, 1.82) is 0 Å². The maximum atomic E-state index is 11.1. The number of piperidine rings is 1. The zero-order valence-electron chi connectivity index (χ0n) is 12.1. The van der Waals surface area contributed by atoms with Gasteiger partial charge in [-0.3, -0.25) is 14.4 Å². The summed E-state index contributed by atoms with van der Waals surface area (Å²) in [6.07, 6.45) is 3.54. The Balaban J connectivity index is 2.10. The van der Waals surface area contributed by atoms with E-state index >= 15 is 0 Å². The summed E-state index contributed by atoms with van der Waals surface area (Å²) in [5.74, 6) is -0.842. The first-order chi connectivity index (χ1) is 8.90. The standard InChI is InChI=1S/C14H23N3O2/c1-9-7-12(14(18)19)5-6-17(9)11(3)13-8-16(4)15-10(13)2/h8-9,11-12H,5-7H2,1-4H3,(H,18,19). The molecule has 0 amide bonds. The fourth-order valence-corrected chi connectivity index (χ4v) is 3.20. The third-order valence-corrected chi connectivity index (χ3v) is 4.28. The normalized spacial score (nSPS) is 26.3. The second-order valence-electron chi connectivity index (χ2n) is 5.67. The second kappa shape index (κ2) is 5.33. The van der Waals surface area contributed by atoms with Gasteiger partial charge in [-0.1, -0.05) is 0 Å². The Kier molecular flexibility index (Phi) is 3.94. The molecule has 3 unspecified atom stereocenters. The summed E-state index contributed by atoms with van der Waals surface area (Å²) >= 11 is 0. The number of nitrogens with zero attached hydrogens (tertiary/aromatic N) is 3. The first kappa shape index (κ1) is 14.1. The molecule has 19 heavy (non-hydrogen) atoms. The molecule has 2 rings (SSSR count).